The van der Waals surface area contributed by atoms with Gasteiger partial charge in [0.1, 0.15) is 11.3 Å². The molecule has 1 aliphatic rings. The Balaban J connectivity index is 1.38. The molecule has 2 heterocycles. The summed E-state index contributed by atoms with van der Waals surface area (Å²) in [5, 5.41) is 11.2. The Bertz CT molecular complexity index is 1230. The van der Waals surface area contributed by atoms with Gasteiger partial charge in [-0.05, 0) is 62.1 Å². The van der Waals surface area contributed by atoms with Gasteiger partial charge in [0, 0.05) is 25.6 Å². The molecule has 8 nitrogen and oxygen atoms in total. The molecule has 2 aromatic carbocycles. The maximum Gasteiger partial charge on any atom is 0.243 e. The minimum Gasteiger partial charge on any atom is -0.352 e. The highest BCUT2D eigenvalue weighted by atomic mass is 32.2. The largest absolute Gasteiger partial charge is 0.352 e. The lowest BCUT2D eigenvalue weighted by Crippen LogP contribution is -2.42. The van der Waals surface area contributed by atoms with Gasteiger partial charge in [-0.2, -0.15) is 4.31 Å². The fourth-order valence-electron chi connectivity index (χ4n) is 4.02. The van der Waals surface area contributed by atoms with E-state index >= 15 is 0 Å². The van der Waals surface area contributed by atoms with Gasteiger partial charge in [-0.15, -0.1) is 5.10 Å². The Labute approximate surface area is 192 Å². The van der Waals surface area contributed by atoms with Gasteiger partial charge in [-0.25, -0.2) is 17.5 Å². The monoisotopic (exact) mass is 473 g/mol. The first-order valence-corrected chi connectivity index (χ1v) is 12.6. The fraction of sp³-hybridized carbons (Fsp3) is 0.435. The van der Waals surface area contributed by atoms with Crippen molar-refractivity contribution in [1.82, 2.24) is 24.6 Å². The molecule has 1 aliphatic heterocycles. The molecule has 10 heteroatoms. The number of benzene rings is 2. The summed E-state index contributed by atoms with van der Waals surface area (Å²) < 4.78 is 42.6. The first-order valence-electron chi connectivity index (χ1n) is 11.2. The summed E-state index contributed by atoms with van der Waals surface area (Å²) in [6, 6.07) is 11.1. The third kappa shape index (κ3) is 4.91. The molecule has 1 amide bonds. The highest BCUT2D eigenvalue weighted by Crippen LogP contribution is 2.27. The van der Waals surface area contributed by atoms with Crippen molar-refractivity contribution in [1.29, 1.82) is 0 Å². The molecule has 176 valence electrons. The number of halogens is 1. The van der Waals surface area contributed by atoms with Crippen molar-refractivity contribution in [3.8, 4) is 0 Å². The van der Waals surface area contributed by atoms with Gasteiger partial charge in [0.25, 0.3) is 0 Å². The second-order valence-electron chi connectivity index (χ2n) is 8.46. The Hall–Kier alpha value is -2.85. The van der Waals surface area contributed by atoms with E-state index < -0.39 is 10.0 Å². The van der Waals surface area contributed by atoms with Gasteiger partial charge >= 0.3 is 0 Å². The maximum atomic E-state index is 13.2. The van der Waals surface area contributed by atoms with Crippen LogP contribution in [0.25, 0.3) is 11.0 Å². The normalized spacial score (nSPS) is 16.7. The molecule has 0 spiro atoms. The van der Waals surface area contributed by atoms with Crippen molar-refractivity contribution in [3.63, 3.8) is 0 Å². The lowest BCUT2D eigenvalue weighted by Gasteiger charge is -2.30. The zero-order valence-electron chi connectivity index (χ0n) is 18.7. The molecule has 0 aliphatic carbocycles. The number of rotatable bonds is 7. The SMILES string of the molecule is CC[C@@H](C)n1nnc2cc(S(=O)(=O)N3CCC(C(=O)NCc4ccc(F)cc4)CC3)ccc21. The summed E-state index contributed by atoms with van der Waals surface area (Å²) in [6.07, 6.45) is 1.78. The van der Waals surface area contributed by atoms with Gasteiger partial charge in [-0.3, -0.25) is 4.79 Å². The third-order valence-electron chi connectivity index (χ3n) is 6.29. The summed E-state index contributed by atoms with van der Waals surface area (Å²) in [6.45, 7) is 4.96. The van der Waals surface area contributed by atoms with Crippen LogP contribution >= 0.6 is 0 Å². The van der Waals surface area contributed by atoms with Crippen LogP contribution in [0.3, 0.4) is 0 Å². The lowest BCUT2D eigenvalue weighted by molar-refractivity contribution is -0.126. The summed E-state index contributed by atoms with van der Waals surface area (Å²) in [5.74, 6) is -0.688. The number of fused-ring (bicyclic) bond motifs is 1. The highest BCUT2D eigenvalue weighted by molar-refractivity contribution is 7.89. The Kier molecular flexibility index (Phi) is 6.76. The predicted molar refractivity (Wildman–Crippen MR) is 122 cm³/mol. The van der Waals surface area contributed by atoms with Crippen LogP contribution in [0.15, 0.2) is 47.4 Å². The topological polar surface area (TPSA) is 97.2 Å². The van der Waals surface area contributed by atoms with Crippen LogP contribution in [0.4, 0.5) is 4.39 Å². The number of aromatic nitrogens is 3. The molecule has 1 N–H and O–H groups in total. The molecule has 0 saturated carbocycles. The number of nitrogens with one attached hydrogen (secondary N) is 1. The minimum absolute atomic E-state index is 0.112. The van der Waals surface area contributed by atoms with E-state index in [0.717, 1.165) is 17.5 Å². The van der Waals surface area contributed by atoms with E-state index in [0.29, 0.717) is 24.9 Å². The standard InChI is InChI=1S/C23H28FN5O3S/c1-3-16(2)29-22-9-8-20(14-21(22)26-27-29)33(31,32)28-12-10-18(11-13-28)23(30)25-15-17-4-6-19(24)7-5-17/h4-9,14,16,18H,3,10-13,15H2,1-2H3,(H,25,30)/t16-/m1/s1. The van der Waals surface area contributed by atoms with Crippen molar-refractivity contribution in [2.45, 2.75) is 50.6 Å². The van der Waals surface area contributed by atoms with E-state index in [4.69, 9.17) is 0 Å². The van der Waals surface area contributed by atoms with Crippen molar-refractivity contribution < 1.29 is 17.6 Å². The maximum absolute atomic E-state index is 13.2. The number of hydrogen-bond donors (Lipinski definition) is 1. The van der Waals surface area contributed by atoms with E-state index in [1.54, 1.807) is 30.3 Å². The summed E-state index contributed by atoms with van der Waals surface area (Å²) in [4.78, 5) is 12.7. The van der Waals surface area contributed by atoms with Crippen LogP contribution < -0.4 is 5.32 Å². The smallest absolute Gasteiger partial charge is 0.243 e. The van der Waals surface area contributed by atoms with Crippen molar-refractivity contribution in [2.75, 3.05) is 13.1 Å². The van der Waals surface area contributed by atoms with Crippen LogP contribution in [-0.4, -0.2) is 46.7 Å². The second kappa shape index (κ2) is 9.56. The van der Waals surface area contributed by atoms with E-state index in [-0.39, 0.29) is 41.7 Å². The zero-order chi connectivity index (χ0) is 23.6. The Morgan fingerprint density at radius 2 is 1.88 bits per heavy atom. The minimum atomic E-state index is -3.69. The van der Waals surface area contributed by atoms with Gasteiger partial charge in [0.15, 0.2) is 0 Å². The number of nitrogens with zero attached hydrogens (tertiary/aromatic N) is 4. The van der Waals surface area contributed by atoms with E-state index in [2.05, 4.69) is 22.6 Å². The second-order valence-corrected chi connectivity index (χ2v) is 10.4. The van der Waals surface area contributed by atoms with Crippen LogP contribution in [0, 0.1) is 11.7 Å². The third-order valence-corrected chi connectivity index (χ3v) is 8.19. The average Bonchev–Trinajstić information content (AvgIpc) is 3.26. The number of amides is 1. The first kappa shape index (κ1) is 23.3. The first-order chi connectivity index (χ1) is 15.8. The molecule has 0 radical (unpaired) electrons. The highest BCUT2D eigenvalue weighted by Gasteiger charge is 2.32. The average molecular weight is 474 g/mol. The number of hydrogen-bond acceptors (Lipinski definition) is 5. The lowest BCUT2D eigenvalue weighted by atomic mass is 9.97. The quantitative estimate of drug-likeness (QED) is 0.568. The van der Waals surface area contributed by atoms with Gasteiger partial charge in [0.2, 0.25) is 15.9 Å². The molecule has 1 aromatic heterocycles. The van der Waals surface area contributed by atoms with Crippen LogP contribution in [0.5, 0.6) is 0 Å². The molecule has 1 atom stereocenters. The van der Waals surface area contributed by atoms with Crippen LogP contribution in [-0.2, 0) is 21.4 Å². The van der Waals surface area contributed by atoms with E-state index in [9.17, 15) is 17.6 Å². The number of carbonyl (C=O) groups excluding carboxylic acids is 1. The summed E-state index contributed by atoms with van der Waals surface area (Å²) in [7, 11) is -3.69. The molecular formula is C23H28FN5O3S. The molecule has 1 saturated heterocycles. The Morgan fingerprint density at radius 3 is 2.55 bits per heavy atom. The Morgan fingerprint density at radius 1 is 1.18 bits per heavy atom. The van der Waals surface area contributed by atoms with Gasteiger partial charge in [0.05, 0.1) is 16.5 Å². The number of sulfonamides is 1. The van der Waals surface area contributed by atoms with Crippen molar-refractivity contribution >= 4 is 27.0 Å². The zero-order valence-corrected chi connectivity index (χ0v) is 19.6. The van der Waals surface area contributed by atoms with E-state index in [1.165, 1.54) is 16.4 Å². The molecule has 0 bridgehead atoms. The molecule has 3 aromatic rings. The predicted octanol–water partition coefficient (Wildman–Crippen LogP) is 3.26. The molecule has 1 fully saturated rings. The van der Waals surface area contributed by atoms with Crippen LogP contribution in [0.2, 0.25) is 0 Å². The molecule has 0 unspecified atom stereocenters. The van der Waals surface area contributed by atoms with Gasteiger partial charge < -0.3 is 5.32 Å². The van der Waals surface area contributed by atoms with Gasteiger partial charge in [-0.1, -0.05) is 24.3 Å². The molecule has 4 rings (SSSR count). The summed E-state index contributed by atoms with van der Waals surface area (Å²) in [5.41, 5.74) is 2.16. The molecule has 33 heavy (non-hydrogen) atoms. The number of carbonyl (C=O) groups is 1. The number of piperidine rings is 1. The summed E-state index contributed by atoms with van der Waals surface area (Å²) >= 11 is 0. The van der Waals surface area contributed by atoms with E-state index in [1.807, 2.05) is 11.6 Å². The molecular weight excluding hydrogens is 445 g/mol. The fourth-order valence-corrected chi connectivity index (χ4v) is 5.51. The van der Waals surface area contributed by atoms with Crippen molar-refractivity contribution in [3.05, 3.63) is 53.8 Å². The van der Waals surface area contributed by atoms with Crippen molar-refractivity contribution in [2.24, 2.45) is 5.92 Å². The van der Waals surface area contributed by atoms with Crippen LogP contribution in [0.1, 0.15) is 44.7 Å².